The van der Waals surface area contributed by atoms with Crippen LogP contribution in [0.3, 0.4) is 0 Å². The molecule has 0 aliphatic carbocycles. The van der Waals surface area contributed by atoms with E-state index in [0.717, 1.165) is 41.8 Å². The number of aliphatic carboxylic acids is 1. The summed E-state index contributed by atoms with van der Waals surface area (Å²) in [6.45, 7) is 0.767. The van der Waals surface area contributed by atoms with Crippen molar-refractivity contribution in [3.05, 3.63) is 54.0 Å². The quantitative estimate of drug-likeness (QED) is 0.505. The minimum atomic E-state index is -4.52. The highest BCUT2D eigenvalue weighted by Gasteiger charge is 2.32. The molecule has 1 aromatic carbocycles. The first-order chi connectivity index (χ1) is 14.8. The van der Waals surface area contributed by atoms with Crippen LogP contribution in [0.5, 0.6) is 0 Å². The van der Waals surface area contributed by atoms with Crippen LogP contribution < -0.4 is 0 Å². The van der Waals surface area contributed by atoms with Crippen LogP contribution in [0.25, 0.3) is 33.7 Å². The molecular formula is C21H15F3N4O3. The molecule has 0 radical (unpaired) electrons. The Morgan fingerprint density at radius 3 is 2.71 bits per heavy atom. The Labute approximate surface area is 173 Å². The Kier molecular flexibility index (Phi) is 4.31. The fraction of sp³-hybridized carbons (Fsp3) is 0.238. The maximum atomic E-state index is 12.7. The van der Waals surface area contributed by atoms with Crippen LogP contribution in [0.2, 0.25) is 0 Å². The van der Waals surface area contributed by atoms with Crippen LogP contribution in [0, 0.1) is 0 Å². The van der Waals surface area contributed by atoms with Gasteiger partial charge in [-0.15, -0.1) is 0 Å². The largest absolute Gasteiger partial charge is 0.481 e. The van der Waals surface area contributed by atoms with Gasteiger partial charge in [0.25, 0.3) is 5.89 Å². The maximum absolute atomic E-state index is 12.7. The highest BCUT2D eigenvalue weighted by molar-refractivity contribution is 5.86. The molecule has 1 atom stereocenters. The standard InChI is InChI=1S/C21H15F3N4O3/c22-21(23,24)17-4-2-13(10-25-17)20-26-19(27-31-20)12-1-3-15-14(7-12)8-16-11(9-18(29)30)5-6-28(15)16/h1-4,7-8,10-11H,5-6,9H2,(H,29,30). The molecule has 0 saturated carbocycles. The van der Waals surface area contributed by atoms with Gasteiger partial charge in [-0.05, 0) is 42.8 Å². The van der Waals surface area contributed by atoms with E-state index in [1.165, 1.54) is 6.07 Å². The minimum absolute atomic E-state index is 0.0164. The molecule has 0 spiro atoms. The van der Waals surface area contributed by atoms with E-state index in [2.05, 4.69) is 19.7 Å². The summed E-state index contributed by atoms with van der Waals surface area (Å²) in [5.41, 5.74) is 1.97. The molecule has 0 fully saturated rings. The van der Waals surface area contributed by atoms with Crippen molar-refractivity contribution in [2.75, 3.05) is 0 Å². The molecule has 1 aliphatic rings. The Balaban J connectivity index is 1.44. The number of pyridine rings is 1. The number of alkyl halides is 3. The minimum Gasteiger partial charge on any atom is -0.481 e. The SMILES string of the molecule is O=C(O)CC1CCn2c1cc1cc(-c3noc(-c4ccc(C(F)(F)F)nc4)n3)ccc12. The number of carboxylic acids is 1. The van der Waals surface area contributed by atoms with E-state index < -0.39 is 17.8 Å². The maximum Gasteiger partial charge on any atom is 0.433 e. The summed E-state index contributed by atoms with van der Waals surface area (Å²) in [6.07, 6.45) is -2.58. The number of aryl methyl sites for hydroxylation is 1. The van der Waals surface area contributed by atoms with Crippen molar-refractivity contribution in [3.8, 4) is 22.8 Å². The lowest BCUT2D eigenvalue weighted by atomic mass is 10.0. The van der Waals surface area contributed by atoms with E-state index in [9.17, 15) is 18.0 Å². The van der Waals surface area contributed by atoms with E-state index >= 15 is 0 Å². The van der Waals surface area contributed by atoms with E-state index in [-0.39, 0.29) is 23.8 Å². The van der Waals surface area contributed by atoms with E-state index in [0.29, 0.717) is 11.4 Å². The summed E-state index contributed by atoms with van der Waals surface area (Å²) in [7, 11) is 0. The Morgan fingerprint density at radius 1 is 1.19 bits per heavy atom. The van der Waals surface area contributed by atoms with Gasteiger partial charge in [0.2, 0.25) is 5.82 Å². The number of hydrogen-bond donors (Lipinski definition) is 1. The number of nitrogens with zero attached hydrogens (tertiary/aromatic N) is 4. The second kappa shape index (κ2) is 6.93. The van der Waals surface area contributed by atoms with Crippen molar-refractivity contribution in [2.45, 2.75) is 31.5 Å². The fourth-order valence-electron chi connectivity index (χ4n) is 4.02. The number of halogens is 3. The van der Waals surface area contributed by atoms with Crippen molar-refractivity contribution < 1.29 is 27.6 Å². The van der Waals surface area contributed by atoms with Gasteiger partial charge in [0.15, 0.2) is 0 Å². The lowest BCUT2D eigenvalue weighted by molar-refractivity contribution is -0.141. The Bertz CT molecular complexity index is 1290. The third-order valence-corrected chi connectivity index (χ3v) is 5.46. The monoisotopic (exact) mass is 428 g/mol. The molecule has 1 unspecified atom stereocenters. The molecule has 0 amide bonds. The second-order valence-electron chi connectivity index (χ2n) is 7.43. The predicted molar refractivity (Wildman–Crippen MR) is 103 cm³/mol. The molecule has 4 heterocycles. The topological polar surface area (TPSA) is 94.0 Å². The van der Waals surface area contributed by atoms with Crippen molar-refractivity contribution in [1.82, 2.24) is 19.7 Å². The fourth-order valence-corrected chi connectivity index (χ4v) is 4.02. The van der Waals surface area contributed by atoms with Crippen molar-refractivity contribution >= 4 is 16.9 Å². The molecule has 1 aliphatic heterocycles. The zero-order valence-electron chi connectivity index (χ0n) is 15.9. The number of carbonyl (C=O) groups is 1. The Morgan fingerprint density at radius 2 is 2.00 bits per heavy atom. The van der Waals surface area contributed by atoms with Gasteiger partial charge in [0.1, 0.15) is 5.69 Å². The van der Waals surface area contributed by atoms with E-state index in [4.69, 9.17) is 9.63 Å². The average molecular weight is 428 g/mol. The summed E-state index contributed by atoms with van der Waals surface area (Å²) in [5, 5.41) is 14.0. The van der Waals surface area contributed by atoms with E-state index in [1.54, 1.807) is 0 Å². The predicted octanol–water partition coefficient (Wildman–Crippen LogP) is 4.73. The van der Waals surface area contributed by atoms with Crippen LogP contribution in [0.4, 0.5) is 13.2 Å². The molecule has 10 heteroatoms. The normalized spacial score (nSPS) is 16.0. The van der Waals surface area contributed by atoms with Gasteiger partial charge in [0, 0.05) is 40.8 Å². The van der Waals surface area contributed by atoms with Crippen molar-refractivity contribution in [2.24, 2.45) is 0 Å². The van der Waals surface area contributed by atoms with Gasteiger partial charge < -0.3 is 14.2 Å². The molecule has 3 aromatic heterocycles. The number of carboxylic acid groups (broad SMARTS) is 1. The van der Waals surface area contributed by atoms with Gasteiger partial charge in [-0.3, -0.25) is 9.78 Å². The van der Waals surface area contributed by atoms with Crippen molar-refractivity contribution in [3.63, 3.8) is 0 Å². The number of aromatic nitrogens is 4. The molecule has 4 aromatic rings. The first-order valence-electron chi connectivity index (χ1n) is 9.52. The van der Waals surface area contributed by atoms with Crippen LogP contribution in [-0.4, -0.2) is 30.8 Å². The summed E-state index contributed by atoms with van der Waals surface area (Å²) in [4.78, 5) is 18.8. The molecule has 0 saturated heterocycles. The zero-order chi connectivity index (χ0) is 21.8. The lowest BCUT2D eigenvalue weighted by Crippen LogP contribution is -2.07. The van der Waals surface area contributed by atoms with Gasteiger partial charge in [-0.1, -0.05) is 5.16 Å². The molecular weight excluding hydrogens is 413 g/mol. The van der Waals surface area contributed by atoms with Gasteiger partial charge in [0.05, 0.1) is 12.0 Å². The average Bonchev–Trinajstić information content (AvgIpc) is 3.43. The van der Waals surface area contributed by atoms with Crippen LogP contribution in [0.15, 0.2) is 47.1 Å². The third kappa shape index (κ3) is 3.43. The number of benzene rings is 1. The number of hydrogen-bond acceptors (Lipinski definition) is 5. The summed E-state index contributed by atoms with van der Waals surface area (Å²) >= 11 is 0. The molecule has 158 valence electrons. The molecule has 7 nitrogen and oxygen atoms in total. The zero-order valence-corrected chi connectivity index (χ0v) is 15.9. The number of rotatable bonds is 4. The molecule has 0 bridgehead atoms. The van der Waals surface area contributed by atoms with Gasteiger partial charge >= 0.3 is 12.1 Å². The van der Waals surface area contributed by atoms with Gasteiger partial charge in [-0.2, -0.15) is 18.2 Å². The first kappa shape index (κ1) is 19.3. The number of fused-ring (bicyclic) bond motifs is 3. The highest BCUT2D eigenvalue weighted by Crippen LogP contribution is 2.37. The summed E-state index contributed by atoms with van der Waals surface area (Å²) in [6, 6.07) is 9.73. The van der Waals surface area contributed by atoms with Crippen LogP contribution in [0.1, 0.15) is 30.1 Å². The second-order valence-corrected chi connectivity index (χ2v) is 7.43. The summed E-state index contributed by atoms with van der Waals surface area (Å²) < 4.78 is 45.4. The van der Waals surface area contributed by atoms with Crippen LogP contribution >= 0.6 is 0 Å². The molecule has 5 rings (SSSR count). The summed E-state index contributed by atoms with van der Waals surface area (Å²) in [5.74, 6) is -0.471. The lowest BCUT2D eigenvalue weighted by Gasteiger charge is -2.04. The van der Waals surface area contributed by atoms with Crippen LogP contribution in [-0.2, 0) is 17.5 Å². The Hall–Kier alpha value is -3.69. The highest BCUT2D eigenvalue weighted by atomic mass is 19.4. The first-order valence-corrected chi connectivity index (χ1v) is 9.52. The molecule has 31 heavy (non-hydrogen) atoms. The van der Waals surface area contributed by atoms with E-state index in [1.807, 2.05) is 24.3 Å². The molecule has 1 N–H and O–H groups in total. The van der Waals surface area contributed by atoms with Gasteiger partial charge in [-0.25, -0.2) is 0 Å². The van der Waals surface area contributed by atoms with Crippen molar-refractivity contribution in [1.29, 1.82) is 0 Å². The smallest absolute Gasteiger partial charge is 0.433 e. The third-order valence-electron chi connectivity index (χ3n) is 5.46.